The molecule has 5 unspecified atom stereocenters. The molecule has 0 aromatic heterocycles. The van der Waals surface area contributed by atoms with E-state index < -0.39 is 30.5 Å². The third-order valence-electron chi connectivity index (χ3n) is 6.61. The summed E-state index contributed by atoms with van der Waals surface area (Å²) >= 11 is 0. The van der Waals surface area contributed by atoms with Gasteiger partial charge in [0.15, 0.2) is 6.29 Å². The molecule has 0 saturated carbocycles. The van der Waals surface area contributed by atoms with Gasteiger partial charge in [-0.15, -0.1) is 0 Å². The second kappa shape index (κ2) is 14.9. The van der Waals surface area contributed by atoms with Gasteiger partial charge < -0.3 is 29.4 Å². The second-order valence-electron chi connectivity index (χ2n) is 9.33. The number of methoxy groups -OCH3 is 1. The molecule has 0 amide bonds. The molecule has 0 spiro atoms. The molecular formula is C31H37NO6. The fraction of sp³-hybridized carbons (Fsp3) is 0.387. The zero-order chi connectivity index (χ0) is 26.6. The van der Waals surface area contributed by atoms with Gasteiger partial charge in [0.2, 0.25) is 0 Å². The molecule has 5 atom stereocenters. The van der Waals surface area contributed by atoms with E-state index >= 15 is 0 Å². The predicted octanol–water partition coefficient (Wildman–Crippen LogP) is 4.28. The molecular weight excluding hydrogens is 482 g/mol. The summed E-state index contributed by atoms with van der Waals surface area (Å²) in [6, 6.07) is 29.6. The van der Waals surface area contributed by atoms with Crippen molar-refractivity contribution in [3.63, 3.8) is 0 Å². The smallest absolute Gasteiger partial charge is 0.184 e. The van der Waals surface area contributed by atoms with Gasteiger partial charge in [-0.2, -0.15) is 0 Å². The number of nitrogens with two attached hydrogens (primary N) is 1. The summed E-state index contributed by atoms with van der Waals surface area (Å²) in [5.41, 5.74) is 8.85. The van der Waals surface area contributed by atoms with Crippen molar-refractivity contribution in [1.82, 2.24) is 0 Å². The maximum absolute atomic E-state index is 13.6. The molecule has 3 aromatic rings. The number of ether oxygens (including phenoxy) is 5. The van der Waals surface area contributed by atoms with E-state index in [4.69, 9.17) is 29.4 Å². The van der Waals surface area contributed by atoms with Crippen molar-refractivity contribution in [3.05, 3.63) is 108 Å². The topological polar surface area (TPSA) is 89.2 Å². The number of ketones is 1. The number of benzene rings is 3. The van der Waals surface area contributed by atoms with Crippen LogP contribution in [0.4, 0.5) is 0 Å². The second-order valence-corrected chi connectivity index (χ2v) is 9.33. The highest BCUT2D eigenvalue weighted by Gasteiger charge is 2.50. The molecule has 4 rings (SSSR count). The molecule has 1 aliphatic rings. The zero-order valence-electron chi connectivity index (χ0n) is 21.8. The average molecular weight is 520 g/mol. The summed E-state index contributed by atoms with van der Waals surface area (Å²) in [5, 5.41) is 0. The molecule has 0 bridgehead atoms. The van der Waals surface area contributed by atoms with Gasteiger partial charge in [0.05, 0.1) is 38.4 Å². The van der Waals surface area contributed by atoms with E-state index in [1.807, 2.05) is 91.0 Å². The number of hydrogen-bond acceptors (Lipinski definition) is 7. The first kappa shape index (κ1) is 28.1. The Hall–Kier alpha value is -2.91. The summed E-state index contributed by atoms with van der Waals surface area (Å²) in [6.45, 7) is 1.51. The third kappa shape index (κ3) is 7.80. The van der Waals surface area contributed by atoms with Crippen molar-refractivity contribution in [2.24, 2.45) is 11.7 Å². The van der Waals surface area contributed by atoms with Crippen LogP contribution in [-0.4, -0.2) is 50.6 Å². The molecule has 3 aromatic carbocycles. The van der Waals surface area contributed by atoms with Crippen LogP contribution in [0.1, 0.15) is 23.1 Å². The van der Waals surface area contributed by atoms with Gasteiger partial charge in [-0.3, -0.25) is 4.79 Å². The third-order valence-corrected chi connectivity index (χ3v) is 6.61. The van der Waals surface area contributed by atoms with Crippen LogP contribution in [0.15, 0.2) is 91.0 Å². The van der Waals surface area contributed by atoms with Crippen LogP contribution in [0.25, 0.3) is 0 Å². The molecule has 38 heavy (non-hydrogen) atoms. The Balaban J connectivity index is 1.57. The Labute approximate surface area is 224 Å². The lowest BCUT2D eigenvalue weighted by Gasteiger charge is -2.45. The van der Waals surface area contributed by atoms with Crippen LogP contribution in [0.3, 0.4) is 0 Å². The van der Waals surface area contributed by atoms with Crippen molar-refractivity contribution in [2.75, 3.05) is 20.3 Å². The molecule has 1 fully saturated rings. The fourth-order valence-electron chi connectivity index (χ4n) is 4.71. The number of Topliss-reactive ketones (excluding diaryl/α,β-unsaturated/α-hetero) is 1. The number of rotatable bonds is 14. The Kier molecular flexibility index (Phi) is 11.0. The summed E-state index contributed by atoms with van der Waals surface area (Å²) in [5.74, 6) is -0.683. The van der Waals surface area contributed by atoms with E-state index in [1.54, 1.807) is 7.11 Å². The van der Waals surface area contributed by atoms with Crippen LogP contribution in [0, 0.1) is 5.92 Å². The number of carbonyl (C=O) groups excluding carboxylic acids is 1. The maximum atomic E-state index is 13.6. The molecule has 1 aliphatic heterocycles. The van der Waals surface area contributed by atoms with Gasteiger partial charge in [-0.1, -0.05) is 91.0 Å². The summed E-state index contributed by atoms with van der Waals surface area (Å²) < 4.78 is 30.9. The molecule has 202 valence electrons. The van der Waals surface area contributed by atoms with Crippen LogP contribution in [-0.2, 0) is 48.3 Å². The first-order valence-corrected chi connectivity index (χ1v) is 13.0. The largest absolute Gasteiger partial charge is 0.374 e. The fourth-order valence-corrected chi connectivity index (χ4v) is 4.71. The highest BCUT2D eigenvalue weighted by molar-refractivity contribution is 5.82. The molecule has 1 heterocycles. The van der Waals surface area contributed by atoms with Gasteiger partial charge in [-0.05, 0) is 23.2 Å². The van der Waals surface area contributed by atoms with Crippen molar-refractivity contribution >= 4 is 5.78 Å². The van der Waals surface area contributed by atoms with Gasteiger partial charge >= 0.3 is 0 Å². The van der Waals surface area contributed by atoms with Gasteiger partial charge in [0.25, 0.3) is 0 Å². The van der Waals surface area contributed by atoms with Gasteiger partial charge in [-0.25, -0.2) is 0 Å². The van der Waals surface area contributed by atoms with E-state index in [0.29, 0.717) is 19.8 Å². The average Bonchev–Trinajstić information content (AvgIpc) is 2.96. The van der Waals surface area contributed by atoms with E-state index in [2.05, 4.69) is 0 Å². The summed E-state index contributed by atoms with van der Waals surface area (Å²) in [7, 11) is 1.56. The quantitative estimate of drug-likeness (QED) is 0.340. The van der Waals surface area contributed by atoms with E-state index in [0.717, 1.165) is 16.7 Å². The minimum absolute atomic E-state index is 0.0398. The predicted molar refractivity (Wildman–Crippen MR) is 144 cm³/mol. The highest BCUT2D eigenvalue weighted by atomic mass is 16.7. The van der Waals surface area contributed by atoms with Crippen LogP contribution in [0.5, 0.6) is 0 Å². The van der Waals surface area contributed by atoms with E-state index in [-0.39, 0.29) is 25.4 Å². The monoisotopic (exact) mass is 519 g/mol. The molecule has 7 heteroatoms. The lowest BCUT2D eigenvalue weighted by molar-refractivity contribution is -0.299. The van der Waals surface area contributed by atoms with Crippen molar-refractivity contribution in [3.8, 4) is 0 Å². The van der Waals surface area contributed by atoms with Gasteiger partial charge in [0.1, 0.15) is 18.0 Å². The Morgan fingerprint density at radius 2 is 1.26 bits per heavy atom. The minimum Gasteiger partial charge on any atom is -0.374 e. The van der Waals surface area contributed by atoms with Crippen molar-refractivity contribution in [1.29, 1.82) is 0 Å². The minimum atomic E-state index is -0.771. The lowest BCUT2D eigenvalue weighted by Crippen LogP contribution is -2.60. The summed E-state index contributed by atoms with van der Waals surface area (Å²) in [6.07, 6.45) is -2.40. The maximum Gasteiger partial charge on any atom is 0.184 e. The first-order chi connectivity index (χ1) is 18.7. The lowest BCUT2D eigenvalue weighted by atomic mass is 9.83. The zero-order valence-corrected chi connectivity index (χ0v) is 21.8. The number of hydrogen-bond donors (Lipinski definition) is 1. The van der Waals surface area contributed by atoms with E-state index in [1.165, 1.54) is 0 Å². The standard InChI is InChI=1S/C31H37NO6/c1-34-31-30(37-21-25-15-9-4-10-16-25)28(26(33)17-18-32)29(36-20-24-13-7-3-8-14-24)27(38-31)22-35-19-23-11-5-2-6-12-23/h2-16,27-31H,17-22,32H2,1H3. The first-order valence-electron chi connectivity index (χ1n) is 13.0. The molecule has 0 aliphatic carbocycles. The Morgan fingerprint density at radius 1 is 0.763 bits per heavy atom. The molecule has 0 radical (unpaired) electrons. The Morgan fingerprint density at radius 3 is 1.76 bits per heavy atom. The molecule has 7 nitrogen and oxygen atoms in total. The normalized spacial score (nSPS) is 23.3. The number of carbonyl (C=O) groups is 1. The Bertz CT molecular complexity index is 1080. The van der Waals surface area contributed by atoms with Crippen molar-refractivity contribution < 1.29 is 28.5 Å². The molecule has 1 saturated heterocycles. The van der Waals surface area contributed by atoms with Gasteiger partial charge in [0, 0.05) is 13.5 Å². The summed E-state index contributed by atoms with van der Waals surface area (Å²) in [4.78, 5) is 13.6. The van der Waals surface area contributed by atoms with E-state index in [9.17, 15) is 4.79 Å². The highest BCUT2D eigenvalue weighted by Crippen LogP contribution is 2.34. The van der Waals surface area contributed by atoms with Crippen LogP contribution in [0.2, 0.25) is 0 Å². The molecule has 2 N–H and O–H groups in total. The van der Waals surface area contributed by atoms with Crippen molar-refractivity contribution in [2.45, 2.75) is 50.8 Å². The van der Waals surface area contributed by atoms with Crippen LogP contribution < -0.4 is 5.73 Å². The SMILES string of the molecule is COC1OC(COCc2ccccc2)C(OCc2ccccc2)C(C(=O)CCN)C1OCc1ccccc1. The van der Waals surface area contributed by atoms with Crippen LogP contribution >= 0.6 is 0 Å².